The summed E-state index contributed by atoms with van der Waals surface area (Å²) in [7, 11) is 0. The molecular weight excluding hydrogens is 176 g/mol. The zero-order valence-electron chi connectivity index (χ0n) is 8.60. The Bertz CT molecular complexity index is 290. The van der Waals surface area contributed by atoms with Crippen molar-refractivity contribution in [1.82, 2.24) is 0 Å². The third-order valence-electron chi connectivity index (χ3n) is 2.42. The summed E-state index contributed by atoms with van der Waals surface area (Å²) in [5, 5.41) is 9.42. The first-order chi connectivity index (χ1) is 6.66. The first-order valence-electron chi connectivity index (χ1n) is 4.94. The number of hydrogen-bond acceptors (Lipinski definition) is 2. The van der Waals surface area contributed by atoms with Gasteiger partial charge in [0.05, 0.1) is 6.10 Å². The van der Waals surface area contributed by atoms with Crippen molar-refractivity contribution in [3.63, 3.8) is 0 Å². The van der Waals surface area contributed by atoms with Gasteiger partial charge in [0.2, 0.25) is 0 Å². The lowest BCUT2D eigenvalue weighted by Crippen LogP contribution is -2.25. The zero-order valence-corrected chi connectivity index (χ0v) is 8.60. The topological polar surface area (TPSA) is 37.3 Å². The summed E-state index contributed by atoms with van der Waals surface area (Å²) in [5.41, 5.74) is 0.681. The summed E-state index contributed by atoms with van der Waals surface area (Å²) in [5.74, 6) is -0.250. The minimum absolute atomic E-state index is 0.0306. The highest BCUT2D eigenvalue weighted by Gasteiger charge is 2.22. The van der Waals surface area contributed by atoms with Crippen LogP contribution < -0.4 is 0 Å². The molecule has 2 unspecified atom stereocenters. The number of ketones is 1. The molecule has 0 bridgehead atoms. The Morgan fingerprint density at radius 1 is 1.36 bits per heavy atom. The van der Waals surface area contributed by atoms with Gasteiger partial charge in [-0.1, -0.05) is 37.3 Å². The molecule has 0 radical (unpaired) electrons. The Kier molecular flexibility index (Phi) is 3.84. The number of carbonyl (C=O) groups is 1. The van der Waals surface area contributed by atoms with E-state index in [1.165, 1.54) is 0 Å². The van der Waals surface area contributed by atoms with Crippen molar-refractivity contribution in [3.8, 4) is 0 Å². The van der Waals surface area contributed by atoms with E-state index in [1.54, 1.807) is 19.1 Å². The highest BCUT2D eigenvalue weighted by Crippen LogP contribution is 2.15. The van der Waals surface area contributed by atoms with Crippen molar-refractivity contribution in [2.45, 2.75) is 26.4 Å². The number of rotatable bonds is 4. The summed E-state index contributed by atoms with van der Waals surface area (Å²) < 4.78 is 0. The molecule has 14 heavy (non-hydrogen) atoms. The Labute approximate surface area is 84.6 Å². The molecule has 0 spiro atoms. The van der Waals surface area contributed by atoms with Crippen LogP contribution in [0.25, 0.3) is 0 Å². The third kappa shape index (κ3) is 2.42. The molecule has 2 nitrogen and oxygen atoms in total. The van der Waals surface area contributed by atoms with Gasteiger partial charge in [-0.15, -0.1) is 0 Å². The van der Waals surface area contributed by atoms with Gasteiger partial charge in [0.15, 0.2) is 5.78 Å². The molecule has 0 amide bonds. The van der Waals surface area contributed by atoms with Gasteiger partial charge in [-0.25, -0.2) is 0 Å². The molecule has 0 aliphatic heterocycles. The molecule has 1 aromatic carbocycles. The number of hydrogen-bond donors (Lipinski definition) is 1. The van der Waals surface area contributed by atoms with Crippen LogP contribution in [-0.4, -0.2) is 17.0 Å². The average molecular weight is 192 g/mol. The molecule has 1 rings (SSSR count). The molecule has 2 heteroatoms. The third-order valence-corrected chi connectivity index (χ3v) is 2.42. The van der Waals surface area contributed by atoms with E-state index < -0.39 is 6.10 Å². The molecule has 0 aliphatic carbocycles. The molecule has 1 N–H and O–H groups in total. The Hall–Kier alpha value is -1.15. The van der Waals surface area contributed by atoms with Crippen LogP contribution in [0.3, 0.4) is 0 Å². The smallest absolute Gasteiger partial charge is 0.168 e. The predicted molar refractivity (Wildman–Crippen MR) is 56.2 cm³/mol. The summed E-state index contributed by atoms with van der Waals surface area (Å²) in [6.45, 7) is 3.58. The number of aliphatic hydroxyl groups excluding tert-OH is 1. The molecule has 1 aromatic rings. The quantitative estimate of drug-likeness (QED) is 0.743. The second kappa shape index (κ2) is 4.91. The first kappa shape index (κ1) is 10.9. The van der Waals surface area contributed by atoms with Gasteiger partial charge in [0.25, 0.3) is 0 Å². The van der Waals surface area contributed by atoms with Crippen molar-refractivity contribution in [3.05, 3.63) is 35.9 Å². The fourth-order valence-electron chi connectivity index (χ4n) is 1.56. The Morgan fingerprint density at radius 3 is 2.36 bits per heavy atom. The Balaban J connectivity index is 2.84. The van der Waals surface area contributed by atoms with Gasteiger partial charge in [-0.3, -0.25) is 4.79 Å². The molecule has 0 heterocycles. The highest BCUT2D eigenvalue weighted by molar-refractivity contribution is 5.98. The molecule has 0 aliphatic rings. The number of Topliss-reactive ketones (excluding diaryl/α,β-unsaturated/α-hetero) is 1. The largest absolute Gasteiger partial charge is 0.393 e. The van der Waals surface area contributed by atoms with Crippen LogP contribution in [0.2, 0.25) is 0 Å². The maximum absolute atomic E-state index is 11.9. The van der Waals surface area contributed by atoms with Crippen molar-refractivity contribution < 1.29 is 9.90 Å². The van der Waals surface area contributed by atoms with Gasteiger partial charge in [-0.2, -0.15) is 0 Å². The van der Waals surface area contributed by atoms with Gasteiger partial charge in [-0.05, 0) is 13.3 Å². The van der Waals surface area contributed by atoms with E-state index >= 15 is 0 Å². The van der Waals surface area contributed by atoms with E-state index in [1.807, 2.05) is 25.1 Å². The number of carbonyl (C=O) groups excluding carboxylic acids is 1. The monoisotopic (exact) mass is 192 g/mol. The Morgan fingerprint density at radius 2 is 1.93 bits per heavy atom. The second-order valence-electron chi connectivity index (χ2n) is 3.49. The molecule has 2 atom stereocenters. The van der Waals surface area contributed by atoms with Crippen molar-refractivity contribution >= 4 is 5.78 Å². The van der Waals surface area contributed by atoms with Gasteiger partial charge >= 0.3 is 0 Å². The minimum atomic E-state index is -0.576. The summed E-state index contributed by atoms with van der Waals surface area (Å²) >= 11 is 0. The van der Waals surface area contributed by atoms with Crippen molar-refractivity contribution in [1.29, 1.82) is 0 Å². The fraction of sp³-hybridized carbons (Fsp3) is 0.417. The zero-order chi connectivity index (χ0) is 10.6. The van der Waals surface area contributed by atoms with Gasteiger partial charge in [0.1, 0.15) is 0 Å². The summed E-state index contributed by atoms with van der Waals surface area (Å²) in [4.78, 5) is 11.9. The molecular formula is C12H16O2. The van der Waals surface area contributed by atoms with Crippen LogP contribution in [-0.2, 0) is 0 Å². The van der Waals surface area contributed by atoms with Crippen LogP contribution in [0.15, 0.2) is 30.3 Å². The minimum Gasteiger partial charge on any atom is -0.393 e. The lowest BCUT2D eigenvalue weighted by Gasteiger charge is -2.16. The molecule has 0 saturated carbocycles. The van der Waals surface area contributed by atoms with E-state index in [-0.39, 0.29) is 11.7 Å². The fourth-order valence-corrected chi connectivity index (χ4v) is 1.56. The predicted octanol–water partition coefficient (Wildman–Crippen LogP) is 2.28. The van der Waals surface area contributed by atoms with Crippen LogP contribution in [0.4, 0.5) is 0 Å². The van der Waals surface area contributed by atoms with Crippen LogP contribution in [0.5, 0.6) is 0 Å². The molecule has 0 fully saturated rings. The lowest BCUT2D eigenvalue weighted by molar-refractivity contribution is 0.0719. The second-order valence-corrected chi connectivity index (χ2v) is 3.49. The first-order valence-corrected chi connectivity index (χ1v) is 4.94. The average Bonchev–Trinajstić information content (AvgIpc) is 2.19. The maximum atomic E-state index is 11.9. The van der Waals surface area contributed by atoms with Crippen LogP contribution in [0.1, 0.15) is 30.6 Å². The summed E-state index contributed by atoms with van der Waals surface area (Å²) in [6.07, 6.45) is 0.0958. The van der Waals surface area contributed by atoms with E-state index in [4.69, 9.17) is 0 Å². The van der Waals surface area contributed by atoms with E-state index in [2.05, 4.69) is 0 Å². The normalized spacial score (nSPS) is 14.8. The molecule has 76 valence electrons. The van der Waals surface area contributed by atoms with Crippen molar-refractivity contribution in [2.24, 2.45) is 5.92 Å². The lowest BCUT2D eigenvalue weighted by atomic mass is 9.91. The molecule has 0 saturated heterocycles. The number of benzene rings is 1. The standard InChI is InChI=1S/C12H16O2/c1-3-11(9(2)13)12(14)10-7-5-4-6-8-10/h4-9,11,13H,3H2,1-2H3. The van der Waals surface area contributed by atoms with E-state index in [0.29, 0.717) is 12.0 Å². The van der Waals surface area contributed by atoms with Crippen LogP contribution in [0, 0.1) is 5.92 Å². The maximum Gasteiger partial charge on any atom is 0.168 e. The summed E-state index contributed by atoms with van der Waals surface area (Å²) in [6, 6.07) is 9.12. The SMILES string of the molecule is CCC(C(=O)c1ccccc1)C(C)O. The van der Waals surface area contributed by atoms with E-state index in [9.17, 15) is 9.90 Å². The number of aliphatic hydroxyl groups is 1. The highest BCUT2D eigenvalue weighted by atomic mass is 16.3. The molecule has 0 aromatic heterocycles. The van der Waals surface area contributed by atoms with Gasteiger partial charge in [0, 0.05) is 11.5 Å². The van der Waals surface area contributed by atoms with Gasteiger partial charge < -0.3 is 5.11 Å². The van der Waals surface area contributed by atoms with Crippen molar-refractivity contribution in [2.75, 3.05) is 0 Å². The van der Waals surface area contributed by atoms with Crippen LogP contribution >= 0.6 is 0 Å². The van der Waals surface area contributed by atoms with E-state index in [0.717, 1.165) is 0 Å².